The molecule has 0 amide bonds. The highest BCUT2D eigenvalue weighted by Crippen LogP contribution is 2.64. The standard InChI is InChI=1S/C14H24O2.C12H18O2/c1-8-9(2)11-6-10(8)7-12(11)13(15)16-14(3,4)5;1-7-8(2)10-5-9(7)6-12(10)3-4-14-11(12)13/h8-12H,6-7H2,1-5H3;7-10H,3-6H2,1-2H3. The average molecular weight is 419 g/mol. The molecule has 0 aromatic rings. The van der Waals surface area contributed by atoms with Crippen LogP contribution in [0, 0.1) is 58.7 Å². The van der Waals surface area contributed by atoms with E-state index in [0.29, 0.717) is 24.4 Å². The van der Waals surface area contributed by atoms with Crippen molar-refractivity contribution in [2.24, 2.45) is 58.7 Å². The number of esters is 2. The summed E-state index contributed by atoms with van der Waals surface area (Å²) in [4.78, 5) is 23.9. The Morgan fingerprint density at radius 1 is 0.967 bits per heavy atom. The van der Waals surface area contributed by atoms with Gasteiger partial charge in [-0.3, -0.25) is 9.59 Å². The zero-order valence-corrected chi connectivity index (χ0v) is 20.1. The van der Waals surface area contributed by atoms with Gasteiger partial charge >= 0.3 is 11.9 Å². The van der Waals surface area contributed by atoms with Crippen molar-refractivity contribution < 1.29 is 19.1 Å². The normalized spacial score (nSPS) is 48.6. The second-order valence-electron chi connectivity index (χ2n) is 12.3. The monoisotopic (exact) mass is 418 g/mol. The molecule has 4 bridgehead atoms. The molecule has 10 atom stereocenters. The van der Waals surface area contributed by atoms with Gasteiger partial charge in [-0.2, -0.15) is 0 Å². The van der Waals surface area contributed by atoms with Crippen molar-refractivity contribution in [1.29, 1.82) is 0 Å². The molecule has 1 heterocycles. The number of carbonyl (C=O) groups excluding carboxylic acids is 2. The zero-order chi connectivity index (χ0) is 22.0. The van der Waals surface area contributed by atoms with E-state index in [0.717, 1.165) is 48.9 Å². The van der Waals surface area contributed by atoms with Crippen LogP contribution in [0.15, 0.2) is 0 Å². The molecule has 0 N–H and O–H groups in total. The van der Waals surface area contributed by atoms with Crippen LogP contribution < -0.4 is 0 Å². The van der Waals surface area contributed by atoms with Gasteiger partial charge in [-0.25, -0.2) is 0 Å². The number of ether oxygens (including phenoxy) is 2. The number of carbonyl (C=O) groups is 2. The van der Waals surface area contributed by atoms with Gasteiger partial charge in [-0.1, -0.05) is 27.7 Å². The minimum Gasteiger partial charge on any atom is -0.465 e. The molecule has 5 fully saturated rings. The highest BCUT2D eigenvalue weighted by atomic mass is 16.6. The van der Waals surface area contributed by atoms with Crippen LogP contribution in [0.25, 0.3) is 0 Å². The van der Waals surface area contributed by atoms with E-state index in [4.69, 9.17) is 9.47 Å². The molecule has 10 unspecified atom stereocenters. The summed E-state index contributed by atoms with van der Waals surface area (Å²) in [5.74, 6) is 6.11. The fourth-order valence-corrected chi connectivity index (χ4v) is 7.85. The van der Waals surface area contributed by atoms with E-state index in [1.165, 1.54) is 12.8 Å². The number of hydrogen-bond donors (Lipinski definition) is 0. The Morgan fingerprint density at radius 2 is 1.63 bits per heavy atom. The molecular weight excluding hydrogens is 376 g/mol. The van der Waals surface area contributed by atoms with Gasteiger partial charge in [0, 0.05) is 0 Å². The molecule has 1 spiro atoms. The predicted octanol–water partition coefficient (Wildman–Crippen LogP) is 5.49. The third-order valence-corrected chi connectivity index (χ3v) is 9.89. The third kappa shape index (κ3) is 3.50. The Kier molecular flexibility index (Phi) is 5.55. The van der Waals surface area contributed by atoms with Crippen LogP contribution in [0.2, 0.25) is 0 Å². The molecule has 4 aliphatic carbocycles. The molecule has 5 aliphatic rings. The topological polar surface area (TPSA) is 52.6 Å². The second-order valence-corrected chi connectivity index (χ2v) is 12.3. The molecular formula is C26H42O4. The summed E-state index contributed by atoms with van der Waals surface area (Å²) >= 11 is 0. The molecule has 4 saturated carbocycles. The van der Waals surface area contributed by atoms with Crippen molar-refractivity contribution in [2.45, 2.75) is 86.2 Å². The van der Waals surface area contributed by atoms with E-state index >= 15 is 0 Å². The van der Waals surface area contributed by atoms with Gasteiger partial charge in [0.1, 0.15) is 5.60 Å². The van der Waals surface area contributed by atoms with Crippen molar-refractivity contribution in [3.8, 4) is 0 Å². The molecule has 30 heavy (non-hydrogen) atoms. The maximum atomic E-state index is 12.1. The van der Waals surface area contributed by atoms with E-state index in [1.807, 2.05) is 20.8 Å². The summed E-state index contributed by atoms with van der Waals surface area (Å²) < 4.78 is 10.7. The summed E-state index contributed by atoms with van der Waals surface area (Å²) in [7, 11) is 0. The summed E-state index contributed by atoms with van der Waals surface area (Å²) in [5.41, 5.74) is -0.385. The molecule has 1 saturated heterocycles. The van der Waals surface area contributed by atoms with Crippen molar-refractivity contribution in [2.75, 3.05) is 6.61 Å². The lowest BCUT2D eigenvalue weighted by atomic mass is 9.65. The van der Waals surface area contributed by atoms with Crippen molar-refractivity contribution in [3.63, 3.8) is 0 Å². The van der Waals surface area contributed by atoms with Crippen LogP contribution in [0.1, 0.15) is 80.6 Å². The summed E-state index contributed by atoms with van der Waals surface area (Å²) in [6.45, 7) is 15.8. The lowest BCUT2D eigenvalue weighted by Crippen LogP contribution is -2.38. The van der Waals surface area contributed by atoms with Crippen molar-refractivity contribution in [3.05, 3.63) is 0 Å². The van der Waals surface area contributed by atoms with E-state index in [1.54, 1.807) is 0 Å². The Morgan fingerprint density at radius 3 is 2.10 bits per heavy atom. The lowest BCUT2D eigenvalue weighted by Gasteiger charge is -2.37. The van der Waals surface area contributed by atoms with E-state index in [-0.39, 0.29) is 28.9 Å². The fraction of sp³-hybridized carbons (Fsp3) is 0.923. The maximum Gasteiger partial charge on any atom is 0.312 e. The molecule has 170 valence electrons. The maximum absolute atomic E-state index is 12.1. The first kappa shape index (κ1) is 22.1. The first-order chi connectivity index (χ1) is 13.9. The smallest absolute Gasteiger partial charge is 0.312 e. The number of hydrogen-bond acceptors (Lipinski definition) is 4. The molecule has 5 rings (SSSR count). The molecule has 0 radical (unpaired) electrons. The van der Waals surface area contributed by atoms with Crippen LogP contribution >= 0.6 is 0 Å². The Balaban J connectivity index is 0.000000146. The van der Waals surface area contributed by atoms with Gasteiger partial charge < -0.3 is 9.47 Å². The Hall–Kier alpha value is -1.06. The summed E-state index contributed by atoms with van der Waals surface area (Å²) in [5, 5.41) is 0. The highest BCUT2D eigenvalue weighted by molar-refractivity contribution is 5.79. The molecule has 4 nitrogen and oxygen atoms in total. The van der Waals surface area contributed by atoms with Gasteiger partial charge in [0.15, 0.2) is 0 Å². The second kappa shape index (κ2) is 7.52. The van der Waals surface area contributed by atoms with Crippen LogP contribution in [-0.4, -0.2) is 24.1 Å². The third-order valence-electron chi connectivity index (χ3n) is 9.89. The van der Waals surface area contributed by atoms with Crippen molar-refractivity contribution >= 4 is 11.9 Å². The highest BCUT2D eigenvalue weighted by Gasteiger charge is 2.63. The van der Waals surface area contributed by atoms with Crippen LogP contribution in [0.4, 0.5) is 0 Å². The molecule has 4 heteroatoms. The first-order valence-corrected chi connectivity index (χ1v) is 12.3. The zero-order valence-electron chi connectivity index (χ0n) is 20.1. The number of cyclic esters (lactones) is 1. The van der Waals surface area contributed by atoms with Crippen LogP contribution in [-0.2, 0) is 19.1 Å². The average Bonchev–Trinajstić information content (AvgIpc) is 3.43. The molecule has 1 aliphatic heterocycles. The van der Waals surface area contributed by atoms with E-state index < -0.39 is 0 Å². The van der Waals surface area contributed by atoms with E-state index in [2.05, 4.69) is 27.7 Å². The van der Waals surface area contributed by atoms with Gasteiger partial charge in [-0.05, 0) is 100 Å². The fourth-order valence-electron chi connectivity index (χ4n) is 7.85. The van der Waals surface area contributed by atoms with Gasteiger partial charge in [-0.15, -0.1) is 0 Å². The lowest BCUT2D eigenvalue weighted by molar-refractivity contribution is -0.163. The van der Waals surface area contributed by atoms with Gasteiger partial charge in [0.25, 0.3) is 0 Å². The van der Waals surface area contributed by atoms with E-state index in [9.17, 15) is 9.59 Å². The number of fused-ring (bicyclic) bond motifs is 5. The quantitative estimate of drug-likeness (QED) is 0.529. The first-order valence-electron chi connectivity index (χ1n) is 12.3. The van der Waals surface area contributed by atoms with Crippen molar-refractivity contribution in [1.82, 2.24) is 0 Å². The summed E-state index contributed by atoms with van der Waals surface area (Å²) in [6, 6.07) is 0. The predicted molar refractivity (Wildman–Crippen MR) is 116 cm³/mol. The SMILES string of the molecule is CC1C2CC(C(=O)OC(C)(C)C)C(C2)C1C.CC1C2CC(C1C)C1(CCOC1=O)C2. The molecule has 0 aromatic heterocycles. The Labute approximate surface area is 182 Å². The number of rotatable bonds is 1. The Bertz CT molecular complexity index is 690. The summed E-state index contributed by atoms with van der Waals surface area (Å²) in [6.07, 6.45) is 5.68. The molecule has 0 aromatic carbocycles. The van der Waals surface area contributed by atoms with Gasteiger partial charge in [0.05, 0.1) is 17.9 Å². The minimum absolute atomic E-state index is 0.0405. The largest absolute Gasteiger partial charge is 0.465 e. The van der Waals surface area contributed by atoms with Crippen LogP contribution in [0.3, 0.4) is 0 Å². The van der Waals surface area contributed by atoms with Crippen LogP contribution in [0.5, 0.6) is 0 Å². The van der Waals surface area contributed by atoms with Gasteiger partial charge in [0.2, 0.25) is 0 Å². The minimum atomic E-state index is -0.340.